The summed E-state index contributed by atoms with van der Waals surface area (Å²) in [5.74, 6) is -0.283. The summed E-state index contributed by atoms with van der Waals surface area (Å²) in [4.78, 5) is 29.0. The summed E-state index contributed by atoms with van der Waals surface area (Å²) in [6, 6.07) is 21.2. The normalized spacial score (nSPS) is 15.5. The third-order valence-electron chi connectivity index (χ3n) is 5.14. The number of pyridine rings is 1. The molecule has 150 valence electrons. The number of carbonyl (C=O) groups excluding carboxylic acids is 2. The first-order valence-electron chi connectivity index (χ1n) is 10.1. The summed E-state index contributed by atoms with van der Waals surface area (Å²) in [6.07, 6.45) is 7.13. The van der Waals surface area contributed by atoms with E-state index in [9.17, 15) is 9.59 Å². The van der Waals surface area contributed by atoms with Crippen LogP contribution < -0.4 is 10.6 Å². The first kappa shape index (κ1) is 19.6. The lowest BCUT2D eigenvalue weighted by atomic mass is 9.89. The highest BCUT2D eigenvalue weighted by Gasteiger charge is 2.26. The van der Waals surface area contributed by atoms with E-state index in [4.69, 9.17) is 0 Å². The fourth-order valence-corrected chi connectivity index (χ4v) is 3.55. The van der Waals surface area contributed by atoms with Crippen molar-refractivity contribution in [1.82, 2.24) is 4.98 Å². The molecule has 3 aromatic rings. The number of carbonyl (C=O) groups is 2. The second kappa shape index (κ2) is 9.18. The van der Waals surface area contributed by atoms with Crippen LogP contribution in [0.15, 0.2) is 72.9 Å². The minimum Gasteiger partial charge on any atom is -0.326 e. The molecule has 1 aromatic heterocycles. The average Bonchev–Trinajstić information content (AvgIpc) is 2.77. The number of nitrogens with one attached hydrogen (secondary N) is 2. The van der Waals surface area contributed by atoms with Gasteiger partial charge in [-0.1, -0.05) is 42.5 Å². The van der Waals surface area contributed by atoms with Crippen LogP contribution in [-0.2, 0) is 16.0 Å². The SMILES string of the molecule is O=C(CCC1Cc2ccccc2NC1=O)Nc1cccc(/C=C/c2ccccn2)c1. The zero-order chi connectivity index (χ0) is 20.8. The van der Waals surface area contributed by atoms with Crippen LogP contribution in [0.4, 0.5) is 11.4 Å². The maximum Gasteiger partial charge on any atom is 0.227 e. The van der Waals surface area contributed by atoms with Gasteiger partial charge in [0.2, 0.25) is 11.8 Å². The molecule has 2 heterocycles. The van der Waals surface area contributed by atoms with Crippen molar-refractivity contribution in [3.05, 3.63) is 89.7 Å². The van der Waals surface area contributed by atoms with E-state index >= 15 is 0 Å². The Labute approximate surface area is 175 Å². The molecule has 0 spiro atoms. The molecule has 0 saturated carbocycles. The average molecular weight is 397 g/mol. The van der Waals surface area contributed by atoms with Gasteiger partial charge in [0.1, 0.15) is 0 Å². The smallest absolute Gasteiger partial charge is 0.227 e. The molecular formula is C25H23N3O2. The fraction of sp³-hybridized carbons (Fsp3) is 0.160. The fourth-order valence-electron chi connectivity index (χ4n) is 3.55. The molecule has 5 nitrogen and oxygen atoms in total. The maximum absolute atomic E-state index is 12.4. The highest BCUT2D eigenvalue weighted by Crippen LogP contribution is 2.27. The van der Waals surface area contributed by atoms with E-state index in [2.05, 4.69) is 15.6 Å². The van der Waals surface area contributed by atoms with Crippen LogP contribution in [0.2, 0.25) is 0 Å². The van der Waals surface area contributed by atoms with E-state index < -0.39 is 0 Å². The highest BCUT2D eigenvalue weighted by molar-refractivity contribution is 5.96. The third-order valence-corrected chi connectivity index (χ3v) is 5.14. The molecular weight excluding hydrogens is 374 g/mol. The number of nitrogens with zero attached hydrogens (tertiary/aromatic N) is 1. The zero-order valence-corrected chi connectivity index (χ0v) is 16.5. The third kappa shape index (κ3) is 5.00. The molecule has 0 aliphatic carbocycles. The molecule has 1 aliphatic rings. The molecule has 30 heavy (non-hydrogen) atoms. The molecule has 0 saturated heterocycles. The molecule has 1 unspecified atom stereocenters. The Kier molecular flexibility index (Phi) is 5.99. The summed E-state index contributed by atoms with van der Waals surface area (Å²) >= 11 is 0. The predicted molar refractivity (Wildman–Crippen MR) is 120 cm³/mol. The largest absolute Gasteiger partial charge is 0.326 e. The lowest BCUT2D eigenvalue weighted by Gasteiger charge is -2.24. The van der Waals surface area contributed by atoms with Gasteiger partial charge in [0.25, 0.3) is 0 Å². The molecule has 4 rings (SSSR count). The highest BCUT2D eigenvalue weighted by atomic mass is 16.2. The van der Waals surface area contributed by atoms with Gasteiger partial charge >= 0.3 is 0 Å². The molecule has 2 N–H and O–H groups in total. The van der Waals surface area contributed by atoms with Crippen molar-refractivity contribution in [3.63, 3.8) is 0 Å². The monoisotopic (exact) mass is 397 g/mol. The van der Waals surface area contributed by atoms with E-state index in [1.165, 1.54) is 0 Å². The van der Waals surface area contributed by atoms with Gasteiger partial charge in [-0.25, -0.2) is 0 Å². The van der Waals surface area contributed by atoms with Crippen LogP contribution in [0, 0.1) is 5.92 Å². The maximum atomic E-state index is 12.4. The molecule has 0 bridgehead atoms. The number of rotatable bonds is 6. The second-order valence-electron chi connectivity index (χ2n) is 7.35. The first-order valence-corrected chi connectivity index (χ1v) is 10.1. The number of anilines is 2. The van der Waals surface area contributed by atoms with Crippen LogP contribution >= 0.6 is 0 Å². The van der Waals surface area contributed by atoms with E-state index in [-0.39, 0.29) is 17.7 Å². The van der Waals surface area contributed by atoms with Gasteiger partial charge < -0.3 is 10.6 Å². The zero-order valence-electron chi connectivity index (χ0n) is 16.5. The van der Waals surface area contributed by atoms with Crippen molar-refractivity contribution in [2.24, 2.45) is 5.92 Å². The van der Waals surface area contributed by atoms with Gasteiger partial charge in [-0.05, 0) is 60.4 Å². The van der Waals surface area contributed by atoms with Crippen molar-refractivity contribution in [1.29, 1.82) is 0 Å². The Balaban J connectivity index is 1.32. The number of benzene rings is 2. The van der Waals surface area contributed by atoms with Crippen molar-refractivity contribution >= 4 is 35.3 Å². The summed E-state index contributed by atoms with van der Waals surface area (Å²) < 4.78 is 0. The van der Waals surface area contributed by atoms with Crippen molar-refractivity contribution in [2.45, 2.75) is 19.3 Å². The minimum absolute atomic E-state index is 0.0110. The molecule has 1 atom stereocenters. The molecule has 0 fully saturated rings. The molecule has 5 heteroatoms. The predicted octanol–water partition coefficient (Wildman–Crippen LogP) is 4.78. The van der Waals surface area contributed by atoms with Crippen LogP contribution in [0.3, 0.4) is 0 Å². The summed E-state index contributed by atoms with van der Waals surface area (Å²) in [7, 11) is 0. The van der Waals surface area contributed by atoms with E-state index in [0.717, 1.165) is 28.2 Å². The van der Waals surface area contributed by atoms with E-state index in [1.807, 2.05) is 78.9 Å². The minimum atomic E-state index is -0.182. The number of fused-ring (bicyclic) bond motifs is 1. The van der Waals surface area contributed by atoms with Gasteiger partial charge in [0.05, 0.1) is 5.69 Å². The van der Waals surface area contributed by atoms with E-state index in [0.29, 0.717) is 19.3 Å². The quantitative estimate of drug-likeness (QED) is 0.629. The molecule has 1 aliphatic heterocycles. The Bertz CT molecular complexity index is 1080. The molecule has 2 amide bonds. The first-order chi connectivity index (χ1) is 14.7. The van der Waals surface area contributed by atoms with Gasteiger partial charge in [0.15, 0.2) is 0 Å². The summed E-state index contributed by atoms with van der Waals surface area (Å²) in [5, 5.41) is 5.87. The number of aromatic nitrogens is 1. The molecule has 2 aromatic carbocycles. The van der Waals surface area contributed by atoms with Crippen LogP contribution in [0.25, 0.3) is 12.2 Å². The number of hydrogen-bond acceptors (Lipinski definition) is 3. The van der Waals surface area contributed by atoms with E-state index in [1.54, 1.807) is 6.20 Å². The van der Waals surface area contributed by atoms with Gasteiger partial charge in [0, 0.05) is 29.9 Å². The van der Waals surface area contributed by atoms with Crippen molar-refractivity contribution in [2.75, 3.05) is 10.6 Å². The topological polar surface area (TPSA) is 71.1 Å². The second-order valence-corrected chi connectivity index (χ2v) is 7.35. The van der Waals surface area contributed by atoms with Crippen LogP contribution in [0.5, 0.6) is 0 Å². The Morgan fingerprint density at radius 1 is 1.07 bits per heavy atom. The molecule has 0 radical (unpaired) electrons. The summed E-state index contributed by atoms with van der Waals surface area (Å²) in [6.45, 7) is 0. The van der Waals surface area contributed by atoms with Crippen molar-refractivity contribution < 1.29 is 9.59 Å². The van der Waals surface area contributed by atoms with Gasteiger partial charge in [-0.3, -0.25) is 14.6 Å². The Morgan fingerprint density at radius 2 is 1.93 bits per heavy atom. The summed E-state index contributed by atoms with van der Waals surface area (Å²) in [5.41, 5.74) is 4.58. The van der Waals surface area contributed by atoms with Crippen LogP contribution in [0.1, 0.15) is 29.7 Å². The number of amides is 2. The standard InChI is InChI=1S/C25H23N3O2/c29-24(14-12-20-17-19-7-1-2-10-23(19)28-25(20)30)27-22-9-5-6-18(16-22)11-13-21-8-3-4-15-26-21/h1-11,13,15-16,20H,12,14,17H2,(H,27,29)(H,28,30)/b13-11+. The van der Waals surface area contributed by atoms with Gasteiger partial charge in [-0.15, -0.1) is 0 Å². The van der Waals surface area contributed by atoms with Crippen molar-refractivity contribution in [3.8, 4) is 0 Å². The Hall–Kier alpha value is -3.73. The lowest BCUT2D eigenvalue weighted by molar-refractivity contribution is -0.121. The lowest BCUT2D eigenvalue weighted by Crippen LogP contribution is -2.30. The Morgan fingerprint density at radius 3 is 2.80 bits per heavy atom. The van der Waals surface area contributed by atoms with Crippen LogP contribution in [-0.4, -0.2) is 16.8 Å². The van der Waals surface area contributed by atoms with Gasteiger partial charge in [-0.2, -0.15) is 0 Å². The number of hydrogen-bond donors (Lipinski definition) is 2. The number of para-hydroxylation sites is 1.